The number of nitrogens with one attached hydrogen (secondary N) is 1. The summed E-state index contributed by atoms with van der Waals surface area (Å²) >= 11 is 0. The molecule has 0 saturated heterocycles. The number of imide groups is 1. The average molecular weight is 469 g/mol. The van der Waals surface area contributed by atoms with Gasteiger partial charge in [0, 0.05) is 5.69 Å². The quantitative estimate of drug-likeness (QED) is 0.421. The van der Waals surface area contributed by atoms with Crippen molar-refractivity contribution in [2.45, 2.75) is 53.1 Å². The second-order valence-electron chi connectivity index (χ2n) is 10.2. The van der Waals surface area contributed by atoms with Crippen LogP contribution in [0.2, 0.25) is 0 Å². The van der Waals surface area contributed by atoms with Crippen LogP contribution in [0.5, 0.6) is 5.75 Å². The Balaban J connectivity index is 1.75. The van der Waals surface area contributed by atoms with Gasteiger partial charge in [0.05, 0.1) is 17.4 Å². The van der Waals surface area contributed by atoms with Crippen molar-refractivity contribution < 1.29 is 14.3 Å². The van der Waals surface area contributed by atoms with Crippen LogP contribution in [0, 0.1) is 6.92 Å². The van der Waals surface area contributed by atoms with Gasteiger partial charge in [-0.25, -0.2) is 4.90 Å². The van der Waals surface area contributed by atoms with Crippen molar-refractivity contribution in [1.29, 1.82) is 0 Å². The van der Waals surface area contributed by atoms with Crippen LogP contribution in [0.1, 0.15) is 51.3 Å². The summed E-state index contributed by atoms with van der Waals surface area (Å²) in [7, 11) is 0. The average Bonchev–Trinajstić information content (AvgIpc) is 3.04. The molecular formula is C30H32N2O3. The van der Waals surface area contributed by atoms with Crippen LogP contribution in [-0.4, -0.2) is 17.9 Å². The van der Waals surface area contributed by atoms with E-state index in [4.69, 9.17) is 4.74 Å². The first-order chi connectivity index (χ1) is 16.5. The normalized spacial score (nSPS) is 14.2. The van der Waals surface area contributed by atoms with Crippen LogP contribution in [-0.2, 0) is 15.0 Å². The van der Waals surface area contributed by atoms with Crippen molar-refractivity contribution in [2.75, 3.05) is 10.2 Å². The Kier molecular flexibility index (Phi) is 6.53. The molecule has 180 valence electrons. The van der Waals surface area contributed by atoms with Crippen LogP contribution in [0.25, 0.3) is 5.57 Å². The third-order valence-electron chi connectivity index (χ3n) is 5.91. The molecule has 1 aliphatic rings. The van der Waals surface area contributed by atoms with Gasteiger partial charge in [-0.2, -0.15) is 0 Å². The monoisotopic (exact) mass is 468 g/mol. The lowest BCUT2D eigenvalue weighted by Crippen LogP contribution is -2.32. The molecule has 1 N–H and O–H groups in total. The van der Waals surface area contributed by atoms with Crippen molar-refractivity contribution in [3.05, 3.63) is 95.2 Å². The number of hydrogen-bond donors (Lipinski definition) is 1. The molecule has 0 spiro atoms. The molecule has 1 aliphatic heterocycles. The first kappa shape index (κ1) is 24.3. The Labute approximate surface area is 207 Å². The summed E-state index contributed by atoms with van der Waals surface area (Å²) in [6.07, 6.45) is 0.0417. The van der Waals surface area contributed by atoms with E-state index in [1.54, 1.807) is 12.1 Å². The number of amides is 2. The third kappa shape index (κ3) is 5.14. The zero-order valence-electron chi connectivity index (χ0n) is 21.2. The van der Waals surface area contributed by atoms with E-state index in [9.17, 15) is 9.59 Å². The molecule has 0 saturated carbocycles. The smallest absolute Gasteiger partial charge is 0.282 e. The van der Waals surface area contributed by atoms with Gasteiger partial charge >= 0.3 is 0 Å². The van der Waals surface area contributed by atoms with Gasteiger partial charge < -0.3 is 10.1 Å². The van der Waals surface area contributed by atoms with Crippen LogP contribution in [0.4, 0.5) is 11.4 Å². The Hall–Kier alpha value is -3.86. The number of aryl methyl sites for hydroxylation is 1. The van der Waals surface area contributed by atoms with Crippen molar-refractivity contribution in [2.24, 2.45) is 0 Å². The van der Waals surface area contributed by atoms with Gasteiger partial charge in [0.1, 0.15) is 11.4 Å². The molecule has 0 unspecified atom stereocenters. The van der Waals surface area contributed by atoms with Crippen LogP contribution in [0.15, 0.2) is 78.5 Å². The molecule has 1 heterocycles. The minimum Gasteiger partial charge on any atom is -0.491 e. The molecule has 5 heteroatoms. The molecule has 0 radical (unpaired) electrons. The first-order valence-corrected chi connectivity index (χ1v) is 11.9. The molecule has 0 aliphatic carbocycles. The van der Waals surface area contributed by atoms with Gasteiger partial charge in [-0.05, 0) is 73.7 Å². The Morgan fingerprint density at radius 3 is 1.94 bits per heavy atom. The number of benzene rings is 3. The van der Waals surface area contributed by atoms with Crippen LogP contribution < -0.4 is 15.0 Å². The van der Waals surface area contributed by atoms with Crippen molar-refractivity contribution in [3.8, 4) is 5.75 Å². The highest BCUT2D eigenvalue weighted by Gasteiger charge is 2.40. The van der Waals surface area contributed by atoms with Gasteiger partial charge in [0.25, 0.3) is 11.8 Å². The molecule has 3 aromatic rings. The van der Waals surface area contributed by atoms with E-state index >= 15 is 0 Å². The second kappa shape index (κ2) is 9.41. The molecule has 0 aromatic heterocycles. The maximum atomic E-state index is 13.6. The lowest BCUT2D eigenvalue weighted by atomic mass is 9.87. The summed E-state index contributed by atoms with van der Waals surface area (Å²) in [5.41, 5.74) is 4.81. The summed E-state index contributed by atoms with van der Waals surface area (Å²) in [6.45, 7) is 12.4. The SMILES string of the molecule is Cc1ccc(N2C(=O)C(Nc3ccc(C(C)(C)C)cc3)=C(c3ccc(OC(C)C)cc3)C2=O)cc1. The van der Waals surface area contributed by atoms with Gasteiger partial charge in [-0.1, -0.05) is 62.7 Å². The van der Waals surface area contributed by atoms with Crippen LogP contribution in [0.3, 0.4) is 0 Å². The van der Waals surface area contributed by atoms with E-state index in [2.05, 4.69) is 26.1 Å². The highest BCUT2D eigenvalue weighted by molar-refractivity contribution is 6.46. The predicted molar refractivity (Wildman–Crippen MR) is 142 cm³/mol. The van der Waals surface area contributed by atoms with E-state index in [0.717, 1.165) is 11.3 Å². The van der Waals surface area contributed by atoms with Gasteiger partial charge in [-0.3, -0.25) is 9.59 Å². The Bertz CT molecular complexity index is 1260. The summed E-state index contributed by atoms with van der Waals surface area (Å²) in [6, 6.07) is 22.6. The number of anilines is 2. The first-order valence-electron chi connectivity index (χ1n) is 11.9. The summed E-state index contributed by atoms with van der Waals surface area (Å²) in [5.74, 6) is -0.0229. The molecule has 5 nitrogen and oxygen atoms in total. The van der Waals surface area contributed by atoms with E-state index in [-0.39, 0.29) is 29.0 Å². The maximum Gasteiger partial charge on any atom is 0.282 e. The minimum atomic E-state index is -0.378. The maximum absolute atomic E-state index is 13.6. The van der Waals surface area contributed by atoms with E-state index in [1.807, 2.05) is 81.4 Å². The summed E-state index contributed by atoms with van der Waals surface area (Å²) in [5, 5.41) is 3.24. The second-order valence-corrected chi connectivity index (χ2v) is 10.2. The zero-order chi connectivity index (χ0) is 25.3. The van der Waals surface area contributed by atoms with Crippen molar-refractivity contribution in [3.63, 3.8) is 0 Å². The van der Waals surface area contributed by atoms with E-state index in [0.29, 0.717) is 22.6 Å². The number of carbonyl (C=O) groups is 2. The van der Waals surface area contributed by atoms with E-state index < -0.39 is 0 Å². The van der Waals surface area contributed by atoms with Gasteiger partial charge in [0.15, 0.2) is 0 Å². The third-order valence-corrected chi connectivity index (χ3v) is 5.91. The van der Waals surface area contributed by atoms with Gasteiger partial charge in [-0.15, -0.1) is 0 Å². The predicted octanol–water partition coefficient (Wildman–Crippen LogP) is 6.48. The summed E-state index contributed by atoms with van der Waals surface area (Å²) < 4.78 is 5.75. The van der Waals surface area contributed by atoms with Crippen molar-refractivity contribution in [1.82, 2.24) is 0 Å². The van der Waals surface area contributed by atoms with E-state index in [1.165, 1.54) is 10.5 Å². The molecule has 35 heavy (non-hydrogen) atoms. The van der Waals surface area contributed by atoms with Crippen LogP contribution >= 0.6 is 0 Å². The fourth-order valence-electron chi connectivity index (χ4n) is 4.01. The lowest BCUT2D eigenvalue weighted by molar-refractivity contribution is -0.120. The standard InChI is InChI=1S/C30H32N2O3/c1-19(2)35-25-17-9-21(10-18-25)26-27(31-23-13-11-22(12-14-23)30(4,5)6)29(34)32(28(26)33)24-15-7-20(3)8-16-24/h7-19,31H,1-6H3. The number of hydrogen-bond acceptors (Lipinski definition) is 4. The molecular weight excluding hydrogens is 436 g/mol. The number of carbonyl (C=O) groups excluding carboxylic acids is 2. The summed E-state index contributed by atoms with van der Waals surface area (Å²) in [4.78, 5) is 28.4. The number of rotatable bonds is 6. The zero-order valence-corrected chi connectivity index (χ0v) is 21.2. The fraction of sp³-hybridized carbons (Fsp3) is 0.267. The molecule has 0 bridgehead atoms. The molecule has 0 fully saturated rings. The van der Waals surface area contributed by atoms with Crippen molar-refractivity contribution >= 4 is 28.8 Å². The number of nitrogens with zero attached hydrogens (tertiary/aromatic N) is 1. The molecule has 2 amide bonds. The topological polar surface area (TPSA) is 58.6 Å². The van der Waals surface area contributed by atoms with Gasteiger partial charge in [0.2, 0.25) is 0 Å². The lowest BCUT2D eigenvalue weighted by Gasteiger charge is -2.19. The molecule has 3 aromatic carbocycles. The highest BCUT2D eigenvalue weighted by atomic mass is 16.5. The Morgan fingerprint density at radius 2 is 1.40 bits per heavy atom. The molecule has 0 atom stereocenters. The molecule has 4 rings (SSSR count). The minimum absolute atomic E-state index is 0.0180. The fourth-order valence-corrected chi connectivity index (χ4v) is 4.01. The Morgan fingerprint density at radius 1 is 0.800 bits per heavy atom. The highest BCUT2D eigenvalue weighted by Crippen LogP contribution is 2.35. The number of ether oxygens (including phenoxy) is 1. The largest absolute Gasteiger partial charge is 0.491 e.